The average Bonchev–Trinajstić information content (AvgIpc) is 2.97. The lowest BCUT2D eigenvalue weighted by molar-refractivity contribution is -0.0263. The second-order valence-corrected chi connectivity index (χ2v) is 10.8. The summed E-state index contributed by atoms with van der Waals surface area (Å²) in [5.74, 6) is 2.65. The van der Waals surface area contributed by atoms with E-state index in [9.17, 15) is 0 Å². The third kappa shape index (κ3) is 1.14. The van der Waals surface area contributed by atoms with Gasteiger partial charge in [0.05, 0.1) is 0 Å². The highest BCUT2D eigenvalue weighted by Crippen LogP contribution is 2.77. The Hall–Kier alpha value is -0.520. The van der Waals surface area contributed by atoms with Crippen LogP contribution in [0.2, 0.25) is 0 Å². The van der Waals surface area contributed by atoms with E-state index >= 15 is 0 Å². The molecule has 0 aromatic rings. The zero-order valence-corrected chi connectivity index (χ0v) is 15.3. The van der Waals surface area contributed by atoms with Gasteiger partial charge in [-0.25, -0.2) is 0 Å². The molecule has 0 aromatic carbocycles. The summed E-state index contributed by atoms with van der Waals surface area (Å²) < 4.78 is 0. The fourth-order valence-corrected chi connectivity index (χ4v) is 7.70. The lowest BCUT2D eigenvalue weighted by Gasteiger charge is -2.61. The molecule has 0 N–H and O–H groups in total. The maximum Gasteiger partial charge on any atom is 0.00534 e. The van der Waals surface area contributed by atoms with Crippen LogP contribution in [-0.4, -0.2) is 0 Å². The van der Waals surface area contributed by atoms with E-state index in [1.165, 1.54) is 32.1 Å². The third-order valence-corrected chi connectivity index (χ3v) is 9.87. The van der Waals surface area contributed by atoms with E-state index in [4.69, 9.17) is 0 Å². The summed E-state index contributed by atoms with van der Waals surface area (Å²) in [5.41, 5.74) is 7.50. The van der Waals surface area contributed by atoms with Crippen LogP contribution in [0.15, 0.2) is 22.8 Å². The zero-order chi connectivity index (χ0) is 15.7. The van der Waals surface area contributed by atoms with E-state index in [2.05, 4.69) is 47.6 Å². The molecule has 6 rings (SSSR count). The fourth-order valence-electron chi connectivity index (χ4n) is 7.70. The van der Waals surface area contributed by atoms with Gasteiger partial charge in [-0.3, -0.25) is 0 Å². The second kappa shape index (κ2) is 3.45. The molecule has 0 aliphatic heterocycles. The number of hydrogen-bond acceptors (Lipinski definition) is 0. The molecule has 4 saturated carbocycles. The van der Waals surface area contributed by atoms with Gasteiger partial charge in [0, 0.05) is 5.92 Å². The highest BCUT2D eigenvalue weighted by molar-refractivity contribution is 5.57. The van der Waals surface area contributed by atoms with E-state index in [0.717, 1.165) is 17.8 Å². The van der Waals surface area contributed by atoms with Gasteiger partial charge in [-0.2, -0.15) is 0 Å². The van der Waals surface area contributed by atoms with Crippen molar-refractivity contribution in [2.24, 2.45) is 39.4 Å². The molecule has 0 amide bonds. The van der Waals surface area contributed by atoms with Crippen LogP contribution in [0.1, 0.15) is 73.6 Å². The van der Waals surface area contributed by atoms with Crippen molar-refractivity contribution in [1.29, 1.82) is 0 Å². The van der Waals surface area contributed by atoms with Crippen LogP contribution in [0, 0.1) is 39.4 Å². The van der Waals surface area contributed by atoms with Gasteiger partial charge in [-0.15, -0.1) is 0 Å². The minimum absolute atomic E-state index is 0.455. The third-order valence-electron chi connectivity index (χ3n) is 9.87. The Morgan fingerprint density at radius 2 is 1.59 bits per heavy atom. The summed E-state index contributed by atoms with van der Waals surface area (Å²) in [5, 5.41) is 0. The lowest BCUT2D eigenvalue weighted by atomic mass is 9.44. The van der Waals surface area contributed by atoms with Gasteiger partial charge in [0.25, 0.3) is 0 Å². The number of allylic oxidation sites excluding steroid dienone is 4. The summed E-state index contributed by atoms with van der Waals surface area (Å²) in [6.07, 6.45) is 9.97. The molecule has 0 unspecified atom stereocenters. The van der Waals surface area contributed by atoms with E-state index in [1.54, 1.807) is 0 Å². The molecule has 0 aromatic heterocycles. The van der Waals surface area contributed by atoms with E-state index in [0.29, 0.717) is 21.7 Å². The molecular formula is C22H32. The van der Waals surface area contributed by atoms with Crippen LogP contribution in [0.4, 0.5) is 0 Å². The first-order chi connectivity index (χ1) is 10.1. The number of rotatable bonds is 0. The van der Waals surface area contributed by atoms with Crippen molar-refractivity contribution >= 4 is 0 Å². The average molecular weight is 296 g/mol. The van der Waals surface area contributed by atoms with Crippen LogP contribution in [0.5, 0.6) is 0 Å². The summed E-state index contributed by atoms with van der Waals surface area (Å²) in [6.45, 7) is 15.4. The SMILES string of the molecule is CC1(C)C[C@H]2CC[C@@]1(C)C1=CC3=C([C@@H]12)[C@H]1CC[C@@]3(C)C1(C)C. The molecule has 4 fully saturated rings. The topological polar surface area (TPSA) is 0 Å². The molecule has 0 radical (unpaired) electrons. The van der Waals surface area contributed by atoms with Crippen LogP contribution in [0.3, 0.4) is 0 Å². The zero-order valence-electron chi connectivity index (χ0n) is 15.3. The van der Waals surface area contributed by atoms with Crippen molar-refractivity contribution in [3.05, 3.63) is 22.8 Å². The molecule has 22 heavy (non-hydrogen) atoms. The predicted octanol–water partition coefficient (Wildman–Crippen LogP) is 6.14. The van der Waals surface area contributed by atoms with Crippen molar-refractivity contribution in [3.63, 3.8) is 0 Å². The number of fused-ring (bicyclic) bond motifs is 6. The van der Waals surface area contributed by atoms with E-state index in [1.807, 2.05) is 16.7 Å². The molecular weight excluding hydrogens is 264 g/mol. The molecule has 4 bridgehead atoms. The van der Waals surface area contributed by atoms with Crippen LogP contribution in [0.25, 0.3) is 0 Å². The molecule has 0 saturated heterocycles. The van der Waals surface area contributed by atoms with Crippen LogP contribution >= 0.6 is 0 Å². The van der Waals surface area contributed by atoms with E-state index in [-0.39, 0.29) is 0 Å². The Kier molecular flexibility index (Phi) is 2.17. The molecule has 0 nitrogen and oxygen atoms in total. The lowest BCUT2D eigenvalue weighted by Crippen LogP contribution is -2.52. The normalized spacial score (nSPS) is 52.8. The van der Waals surface area contributed by atoms with Gasteiger partial charge in [-0.05, 0) is 71.2 Å². The Labute approximate surface area is 136 Å². The summed E-state index contributed by atoms with van der Waals surface area (Å²) in [4.78, 5) is 0. The van der Waals surface area contributed by atoms with Crippen molar-refractivity contribution in [3.8, 4) is 0 Å². The Balaban J connectivity index is 1.71. The summed E-state index contributed by atoms with van der Waals surface area (Å²) in [7, 11) is 0. The Morgan fingerprint density at radius 1 is 0.909 bits per heavy atom. The maximum atomic E-state index is 2.74. The number of hydrogen-bond donors (Lipinski definition) is 0. The highest BCUT2D eigenvalue weighted by Gasteiger charge is 2.67. The van der Waals surface area contributed by atoms with E-state index < -0.39 is 0 Å². The Morgan fingerprint density at radius 3 is 2.27 bits per heavy atom. The maximum absolute atomic E-state index is 2.74. The van der Waals surface area contributed by atoms with Gasteiger partial charge < -0.3 is 0 Å². The largest absolute Gasteiger partial charge is 0.0591 e. The molecule has 0 heterocycles. The standard InChI is InChI=1S/C22H32/c1-19(2)12-13-7-9-21(19,5)15-11-16-18(17(13)15)14-8-10-22(16,6)20(14,3)4/h11,13-14,17H,7-10,12H2,1-6H3/t13-,14-,17-,21+,22-/m1/s1. The van der Waals surface area contributed by atoms with Crippen molar-refractivity contribution in [1.82, 2.24) is 0 Å². The minimum atomic E-state index is 0.455. The van der Waals surface area contributed by atoms with Gasteiger partial charge in [0.1, 0.15) is 0 Å². The smallest absolute Gasteiger partial charge is 0.00534 e. The molecule has 120 valence electrons. The first-order valence-electron chi connectivity index (χ1n) is 9.60. The Bertz CT molecular complexity index is 643. The van der Waals surface area contributed by atoms with Crippen molar-refractivity contribution in [2.75, 3.05) is 0 Å². The van der Waals surface area contributed by atoms with Crippen LogP contribution < -0.4 is 0 Å². The van der Waals surface area contributed by atoms with Gasteiger partial charge in [-0.1, -0.05) is 58.8 Å². The molecule has 6 aliphatic carbocycles. The highest BCUT2D eigenvalue weighted by atomic mass is 14.7. The monoisotopic (exact) mass is 296 g/mol. The summed E-state index contributed by atoms with van der Waals surface area (Å²) >= 11 is 0. The fraction of sp³-hybridized carbons (Fsp3) is 0.818. The van der Waals surface area contributed by atoms with Crippen molar-refractivity contribution < 1.29 is 0 Å². The van der Waals surface area contributed by atoms with Gasteiger partial charge in [0.15, 0.2) is 0 Å². The molecule has 0 heteroatoms. The first kappa shape index (κ1) is 13.9. The predicted molar refractivity (Wildman–Crippen MR) is 92.4 cm³/mol. The molecule has 6 aliphatic rings. The first-order valence-corrected chi connectivity index (χ1v) is 9.60. The molecule has 5 atom stereocenters. The second-order valence-electron chi connectivity index (χ2n) is 10.8. The van der Waals surface area contributed by atoms with Gasteiger partial charge >= 0.3 is 0 Å². The van der Waals surface area contributed by atoms with Crippen molar-refractivity contribution in [2.45, 2.75) is 73.6 Å². The summed E-state index contributed by atoms with van der Waals surface area (Å²) in [6, 6.07) is 0. The van der Waals surface area contributed by atoms with Gasteiger partial charge in [0.2, 0.25) is 0 Å². The minimum Gasteiger partial charge on any atom is -0.0591 e. The quantitative estimate of drug-likeness (QED) is 0.503. The van der Waals surface area contributed by atoms with Crippen LogP contribution in [-0.2, 0) is 0 Å². The molecule has 0 spiro atoms.